The molecule has 2 atom stereocenters. The molecule has 2 aliphatic heterocycles. The molecule has 1 aromatic carbocycles. The zero-order valence-corrected chi connectivity index (χ0v) is 13.7. The van der Waals surface area contributed by atoms with Gasteiger partial charge >= 0.3 is 6.09 Å². The van der Waals surface area contributed by atoms with E-state index in [1.54, 1.807) is 24.3 Å². The average Bonchev–Trinajstić information content (AvgIpc) is 2.96. The van der Waals surface area contributed by atoms with E-state index in [4.69, 9.17) is 10.5 Å². The Kier molecular flexibility index (Phi) is 4.87. The van der Waals surface area contributed by atoms with Gasteiger partial charge in [0.25, 0.3) is 0 Å². The number of benzene rings is 1. The molecule has 8 heteroatoms. The lowest BCUT2D eigenvalue weighted by Gasteiger charge is -2.30. The van der Waals surface area contributed by atoms with Crippen LogP contribution >= 0.6 is 0 Å². The summed E-state index contributed by atoms with van der Waals surface area (Å²) in [5, 5.41) is 0. The van der Waals surface area contributed by atoms with E-state index in [0.29, 0.717) is 25.2 Å². The predicted octanol–water partition coefficient (Wildman–Crippen LogP) is 1.39. The minimum Gasteiger partial charge on any atom is -0.444 e. The second-order valence-corrected chi connectivity index (χ2v) is 6.27. The quantitative estimate of drug-likeness (QED) is 0.867. The van der Waals surface area contributed by atoms with Gasteiger partial charge in [-0.25, -0.2) is 9.18 Å². The Morgan fingerprint density at radius 1 is 1.20 bits per heavy atom. The van der Waals surface area contributed by atoms with E-state index in [-0.39, 0.29) is 31.3 Å². The summed E-state index contributed by atoms with van der Waals surface area (Å²) in [5.74, 6) is -0.778. The number of nitrogens with two attached hydrogens (primary N) is 1. The van der Waals surface area contributed by atoms with Crippen LogP contribution in [0, 0.1) is 0 Å². The number of ether oxygens (including phenoxy) is 1. The summed E-state index contributed by atoms with van der Waals surface area (Å²) in [6.45, 7) is 0.898. The number of rotatable bonds is 5. The smallest absolute Gasteiger partial charge is 0.414 e. The number of hydrogen-bond acceptors (Lipinski definition) is 5. The number of carbonyl (C=O) groups is 3. The molecule has 2 amide bonds. The highest BCUT2D eigenvalue weighted by atomic mass is 19.1. The number of cyclic esters (lactones) is 1. The predicted molar refractivity (Wildman–Crippen MR) is 89.2 cm³/mol. The third-order valence-corrected chi connectivity index (χ3v) is 4.47. The molecule has 134 valence electrons. The number of Topliss-reactive ketones (excluding diaryl/α,β-unsaturated/α-hetero) is 1. The van der Waals surface area contributed by atoms with E-state index in [1.807, 2.05) is 4.90 Å². The summed E-state index contributed by atoms with van der Waals surface area (Å²) in [4.78, 5) is 37.4. The highest BCUT2D eigenvalue weighted by molar-refractivity contribution is 5.90. The minimum absolute atomic E-state index is 0.0547. The molecule has 3 rings (SSSR count). The first kappa shape index (κ1) is 17.2. The topological polar surface area (TPSA) is 92.9 Å². The normalized spacial score (nSPS) is 23.7. The number of anilines is 2. The fourth-order valence-corrected chi connectivity index (χ4v) is 3.05. The van der Waals surface area contributed by atoms with Crippen LogP contribution in [0.5, 0.6) is 0 Å². The van der Waals surface area contributed by atoms with Gasteiger partial charge in [-0.05, 0) is 30.7 Å². The second-order valence-electron chi connectivity index (χ2n) is 6.27. The molecule has 0 bridgehead atoms. The van der Waals surface area contributed by atoms with Crippen molar-refractivity contribution in [1.29, 1.82) is 0 Å². The minimum atomic E-state index is -1.45. The number of piperidine rings is 1. The lowest BCUT2D eigenvalue weighted by molar-refractivity contribution is -0.124. The summed E-state index contributed by atoms with van der Waals surface area (Å²) in [6, 6.07) is 7.11. The number of ketones is 1. The third-order valence-electron chi connectivity index (χ3n) is 4.47. The highest BCUT2D eigenvalue weighted by Crippen LogP contribution is 2.27. The fraction of sp³-hybridized carbons (Fsp3) is 0.471. The molecule has 1 aromatic rings. The lowest BCUT2D eigenvalue weighted by Crippen LogP contribution is -2.42. The van der Waals surface area contributed by atoms with Crippen molar-refractivity contribution in [3.8, 4) is 0 Å². The molecule has 0 aromatic heterocycles. The Balaban J connectivity index is 1.63. The van der Waals surface area contributed by atoms with Gasteiger partial charge in [-0.3, -0.25) is 14.5 Å². The van der Waals surface area contributed by atoms with Gasteiger partial charge in [0.2, 0.25) is 5.91 Å². The Hall–Kier alpha value is -2.64. The number of amides is 2. The zero-order chi connectivity index (χ0) is 18.0. The van der Waals surface area contributed by atoms with Crippen molar-refractivity contribution < 1.29 is 23.5 Å². The van der Waals surface area contributed by atoms with Crippen LogP contribution < -0.4 is 15.5 Å². The molecule has 2 saturated heterocycles. The number of nitrogens with zero attached hydrogens (tertiary/aromatic N) is 2. The van der Waals surface area contributed by atoms with Gasteiger partial charge in [-0.15, -0.1) is 0 Å². The van der Waals surface area contributed by atoms with Gasteiger partial charge < -0.3 is 15.4 Å². The Morgan fingerprint density at radius 3 is 2.52 bits per heavy atom. The molecule has 0 radical (unpaired) electrons. The monoisotopic (exact) mass is 349 g/mol. The summed E-state index contributed by atoms with van der Waals surface area (Å²) < 4.78 is 18.8. The first-order chi connectivity index (χ1) is 11.9. The van der Waals surface area contributed by atoms with E-state index in [2.05, 4.69) is 0 Å². The van der Waals surface area contributed by atoms with Crippen molar-refractivity contribution in [1.82, 2.24) is 0 Å². The summed E-state index contributed by atoms with van der Waals surface area (Å²) in [5.41, 5.74) is 6.58. The molecule has 0 aliphatic carbocycles. The SMILES string of the molecule is NC(=O)CCC1CN(c2ccc(N3CCC(=O)C(F)C3)cc2)C(=O)O1. The Morgan fingerprint density at radius 2 is 1.88 bits per heavy atom. The summed E-state index contributed by atoms with van der Waals surface area (Å²) in [6.07, 6.45) is -1.51. The van der Waals surface area contributed by atoms with Gasteiger partial charge in [0.05, 0.1) is 13.1 Å². The van der Waals surface area contributed by atoms with Crippen LogP contribution in [-0.4, -0.2) is 49.7 Å². The standard InChI is InChI=1S/C17H20FN3O4/c18-14-10-20(8-7-15(14)22)11-1-3-12(4-2-11)21-9-13(25-17(21)24)5-6-16(19)23/h1-4,13-14H,5-10H2,(H2,19,23). The Bertz CT molecular complexity index is 679. The molecule has 2 heterocycles. The van der Waals surface area contributed by atoms with E-state index in [1.165, 1.54) is 4.90 Å². The van der Waals surface area contributed by atoms with Crippen LogP contribution in [0.25, 0.3) is 0 Å². The fourth-order valence-electron chi connectivity index (χ4n) is 3.05. The largest absolute Gasteiger partial charge is 0.444 e. The Labute approximate surface area is 144 Å². The van der Waals surface area contributed by atoms with Crippen molar-refractivity contribution in [2.75, 3.05) is 29.4 Å². The van der Waals surface area contributed by atoms with Gasteiger partial charge in [-0.2, -0.15) is 0 Å². The summed E-state index contributed by atoms with van der Waals surface area (Å²) >= 11 is 0. The molecule has 0 spiro atoms. The van der Waals surface area contributed by atoms with E-state index >= 15 is 0 Å². The second kappa shape index (κ2) is 7.08. The van der Waals surface area contributed by atoms with Gasteiger partial charge in [0.15, 0.2) is 12.0 Å². The molecule has 25 heavy (non-hydrogen) atoms. The first-order valence-corrected chi connectivity index (χ1v) is 8.22. The van der Waals surface area contributed by atoms with Gasteiger partial charge in [0, 0.05) is 30.8 Å². The van der Waals surface area contributed by atoms with Crippen molar-refractivity contribution in [2.45, 2.75) is 31.5 Å². The van der Waals surface area contributed by atoms with Crippen molar-refractivity contribution in [3.63, 3.8) is 0 Å². The maximum Gasteiger partial charge on any atom is 0.414 e. The maximum atomic E-state index is 13.6. The molecule has 0 saturated carbocycles. The molecule has 7 nitrogen and oxygen atoms in total. The van der Waals surface area contributed by atoms with Crippen LogP contribution in [0.1, 0.15) is 19.3 Å². The average molecular weight is 349 g/mol. The number of halogens is 1. The van der Waals surface area contributed by atoms with Crippen molar-refractivity contribution >= 4 is 29.2 Å². The number of carbonyl (C=O) groups excluding carboxylic acids is 3. The number of alkyl halides is 1. The van der Waals surface area contributed by atoms with Crippen LogP contribution in [0.3, 0.4) is 0 Å². The van der Waals surface area contributed by atoms with Crippen LogP contribution in [0.2, 0.25) is 0 Å². The van der Waals surface area contributed by atoms with Crippen molar-refractivity contribution in [2.24, 2.45) is 5.73 Å². The van der Waals surface area contributed by atoms with E-state index in [9.17, 15) is 18.8 Å². The van der Waals surface area contributed by atoms with Crippen molar-refractivity contribution in [3.05, 3.63) is 24.3 Å². The molecular formula is C17H20FN3O4. The third kappa shape index (κ3) is 3.89. The summed E-state index contributed by atoms with van der Waals surface area (Å²) in [7, 11) is 0. The van der Waals surface area contributed by atoms with Crippen LogP contribution in [-0.2, 0) is 14.3 Å². The van der Waals surface area contributed by atoms with Crippen LogP contribution in [0.15, 0.2) is 24.3 Å². The number of primary amides is 1. The first-order valence-electron chi connectivity index (χ1n) is 8.22. The zero-order valence-electron chi connectivity index (χ0n) is 13.7. The van der Waals surface area contributed by atoms with Crippen LogP contribution in [0.4, 0.5) is 20.6 Å². The highest BCUT2D eigenvalue weighted by Gasteiger charge is 2.32. The molecule has 2 aliphatic rings. The van der Waals surface area contributed by atoms with E-state index in [0.717, 1.165) is 5.69 Å². The number of hydrogen-bond donors (Lipinski definition) is 1. The maximum absolute atomic E-state index is 13.6. The van der Waals surface area contributed by atoms with E-state index < -0.39 is 18.2 Å². The molecule has 2 unspecified atom stereocenters. The molecule has 2 fully saturated rings. The van der Waals surface area contributed by atoms with Gasteiger partial charge in [-0.1, -0.05) is 0 Å². The lowest BCUT2D eigenvalue weighted by atomic mass is 10.1. The molecule has 2 N–H and O–H groups in total. The van der Waals surface area contributed by atoms with Gasteiger partial charge in [0.1, 0.15) is 6.10 Å². The molecular weight excluding hydrogens is 329 g/mol.